The predicted molar refractivity (Wildman–Crippen MR) is 97.9 cm³/mol. The number of benzene rings is 1. The number of amides is 1. The second kappa shape index (κ2) is 9.20. The minimum Gasteiger partial charge on any atom is -0.484 e. The van der Waals surface area contributed by atoms with Gasteiger partial charge in [0.2, 0.25) is 0 Å². The number of ether oxygens (including phenoxy) is 2. The smallest absolute Gasteiger partial charge is 0.260 e. The average Bonchev–Trinajstić information content (AvgIpc) is 2.87. The molecule has 5 nitrogen and oxygen atoms in total. The maximum absolute atomic E-state index is 12.5. The van der Waals surface area contributed by atoms with E-state index >= 15 is 0 Å². The number of morpholine rings is 1. The highest BCUT2D eigenvalue weighted by Gasteiger charge is 2.23. The standard InChI is InChI=1S/C20H30N2O3/c1-17-4-6-19(7-5-17)25-16-20(23)22-9-2-3-18(8-10-22)15-21-11-13-24-14-12-21/h4-7,18H,2-3,8-16H2,1H3. The first-order valence-corrected chi connectivity index (χ1v) is 9.48. The number of carbonyl (C=O) groups excluding carboxylic acids is 1. The summed E-state index contributed by atoms with van der Waals surface area (Å²) in [6.45, 7) is 8.83. The Morgan fingerprint density at radius 1 is 1.12 bits per heavy atom. The molecule has 0 radical (unpaired) electrons. The van der Waals surface area contributed by atoms with E-state index in [1.54, 1.807) is 0 Å². The molecule has 0 aliphatic carbocycles. The minimum absolute atomic E-state index is 0.104. The van der Waals surface area contributed by atoms with Crippen LogP contribution in [0.2, 0.25) is 0 Å². The SMILES string of the molecule is Cc1ccc(OCC(=O)N2CCCC(CN3CCOCC3)CC2)cc1. The van der Waals surface area contributed by atoms with E-state index in [9.17, 15) is 4.79 Å². The molecule has 3 rings (SSSR count). The van der Waals surface area contributed by atoms with E-state index < -0.39 is 0 Å². The van der Waals surface area contributed by atoms with Gasteiger partial charge in [-0.2, -0.15) is 0 Å². The molecule has 0 bridgehead atoms. The molecule has 25 heavy (non-hydrogen) atoms. The summed E-state index contributed by atoms with van der Waals surface area (Å²) in [5.41, 5.74) is 1.19. The molecule has 0 aromatic heterocycles. The summed E-state index contributed by atoms with van der Waals surface area (Å²) in [7, 11) is 0. The monoisotopic (exact) mass is 346 g/mol. The predicted octanol–water partition coefficient (Wildman–Crippen LogP) is 2.33. The van der Waals surface area contributed by atoms with Gasteiger partial charge in [0.1, 0.15) is 5.75 Å². The van der Waals surface area contributed by atoms with E-state index in [0.717, 1.165) is 64.5 Å². The molecule has 5 heteroatoms. The highest BCUT2D eigenvalue weighted by atomic mass is 16.5. The maximum atomic E-state index is 12.5. The molecule has 2 heterocycles. The van der Waals surface area contributed by atoms with Crippen LogP contribution < -0.4 is 4.74 Å². The molecule has 0 N–H and O–H groups in total. The molecule has 138 valence electrons. The van der Waals surface area contributed by atoms with Gasteiger partial charge in [0.15, 0.2) is 6.61 Å². The molecule has 2 aliphatic heterocycles. The van der Waals surface area contributed by atoms with Gasteiger partial charge in [-0.05, 0) is 44.2 Å². The molecular formula is C20H30N2O3. The number of hydrogen-bond acceptors (Lipinski definition) is 4. The number of carbonyl (C=O) groups is 1. The fraction of sp³-hybridized carbons (Fsp3) is 0.650. The molecule has 2 aliphatic rings. The van der Waals surface area contributed by atoms with Crippen LogP contribution in [0.4, 0.5) is 0 Å². The highest BCUT2D eigenvalue weighted by Crippen LogP contribution is 2.20. The molecule has 2 fully saturated rings. The van der Waals surface area contributed by atoms with Crippen molar-refractivity contribution >= 4 is 5.91 Å². The third-order valence-corrected chi connectivity index (χ3v) is 5.20. The molecule has 1 aromatic carbocycles. The van der Waals surface area contributed by atoms with Gasteiger partial charge in [-0.3, -0.25) is 9.69 Å². The van der Waals surface area contributed by atoms with Crippen molar-refractivity contribution in [2.24, 2.45) is 5.92 Å². The second-order valence-corrected chi connectivity index (χ2v) is 7.19. The maximum Gasteiger partial charge on any atom is 0.260 e. The van der Waals surface area contributed by atoms with Crippen LogP contribution >= 0.6 is 0 Å². The molecule has 1 atom stereocenters. The Bertz CT molecular complexity index is 540. The lowest BCUT2D eigenvalue weighted by Gasteiger charge is -2.30. The molecule has 0 spiro atoms. The summed E-state index contributed by atoms with van der Waals surface area (Å²) in [4.78, 5) is 16.9. The first-order valence-electron chi connectivity index (χ1n) is 9.48. The Balaban J connectivity index is 1.42. The third-order valence-electron chi connectivity index (χ3n) is 5.20. The van der Waals surface area contributed by atoms with Gasteiger partial charge in [0, 0.05) is 32.7 Å². The van der Waals surface area contributed by atoms with Crippen LogP contribution in [0.25, 0.3) is 0 Å². The van der Waals surface area contributed by atoms with Gasteiger partial charge >= 0.3 is 0 Å². The van der Waals surface area contributed by atoms with Crippen LogP contribution in [0.15, 0.2) is 24.3 Å². The number of rotatable bonds is 5. The van der Waals surface area contributed by atoms with Crippen molar-refractivity contribution in [3.63, 3.8) is 0 Å². The van der Waals surface area contributed by atoms with E-state index in [1.807, 2.05) is 36.1 Å². The third kappa shape index (κ3) is 5.72. The van der Waals surface area contributed by atoms with Crippen molar-refractivity contribution in [3.8, 4) is 5.75 Å². The largest absolute Gasteiger partial charge is 0.484 e. The van der Waals surface area contributed by atoms with Gasteiger partial charge in [-0.15, -0.1) is 0 Å². The average molecular weight is 346 g/mol. The van der Waals surface area contributed by atoms with Crippen LogP contribution in [0.5, 0.6) is 5.75 Å². The van der Waals surface area contributed by atoms with Crippen LogP contribution in [-0.2, 0) is 9.53 Å². The Kier molecular flexibility index (Phi) is 6.70. The van der Waals surface area contributed by atoms with E-state index in [0.29, 0.717) is 5.92 Å². The molecule has 1 aromatic rings. The first kappa shape index (κ1) is 18.2. The summed E-state index contributed by atoms with van der Waals surface area (Å²) >= 11 is 0. The Hall–Kier alpha value is -1.59. The Morgan fingerprint density at radius 2 is 1.88 bits per heavy atom. The van der Waals surface area contributed by atoms with Crippen molar-refractivity contribution in [1.82, 2.24) is 9.80 Å². The summed E-state index contributed by atoms with van der Waals surface area (Å²) in [6, 6.07) is 7.84. The molecule has 2 saturated heterocycles. The van der Waals surface area contributed by atoms with E-state index in [2.05, 4.69) is 4.90 Å². The highest BCUT2D eigenvalue weighted by molar-refractivity contribution is 5.77. The number of nitrogens with zero attached hydrogens (tertiary/aromatic N) is 2. The lowest BCUT2D eigenvalue weighted by atomic mass is 10.00. The normalized spacial score (nSPS) is 22.4. The van der Waals surface area contributed by atoms with Crippen molar-refractivity contribution in [1.29, 1.82) is 0 Å². The molecular weight excluding hydrogens is 316 g/mol. The summed E-state index contributed by atoms with van der Waals surface area (Å²) < 4.78 is 11.1. The molecule has 1 unspecified atom stereocenters. The van der Waals surface area contributed by atoms with Crippen molar-refractivity contribution in [3.05, 3.63) is 29.8 Å². The molecule has 1 amide bonds. The van der Waals surface area contributed by atoms with Crippen molar-refractivity contribution in [2.45, 2.75) is 26.2 Å². The zero-order valence-corrected chi connectivity index (χ0v) is 15.3. The van der Waals surface area contributed by atoms with E-state index in [-0.39, 0.29) is 12.5 Å². The number of likely N-dealkylation sites (tertiary alicyclic amines) is 1. The Morgan fingerprint density at radius 3 is 2.64 bits per heavy atom. The molecule has 0 saturated carbocycles. The van der Waals surface area contributed by atoms with Crippen LogP contribution in [-0.4, -0.2) is 68.3 Å². The van der Waals surface area contributed by atoms with Crippen molar-refractivity contribution < 1.29 is 14.3 Å². The lowest BCUT2D eigenvalue weighted by Crippen LogP contribution is -2.39. The minimum atomic E-state index is 0.104. The summed E-state index contributed by atoms with van der Waals surface area (Å²) in [5, 5.41) is 0. The fourth-order valence-electron chi connectivity index (χ4n) is 3.62. The van der Waals surface area contributed by atoms with Crippen LogP contribution in [0.3, 0.4) is 0 Å². The van der Waals surface area contributed by atoms with Gasteiger partial charge in [0.25, 0.3) is 5.91 Å². The quantitative estimate of drug-likeness (QED) is 0.821. The van der Waals surface area contributed by atoms with E-state index in [4.69, 9.17) is 9.47 Å². The van der Waals surface area contributed by atoms with Crippen molar-refractivity contribution in [2.75, 3.05) is 52.5 Å². The second-order valence-electron chi connectivity index (χ2n) is 7.19. The van der Waals surface area contributed by atoms with Gasteiger partial charge in [-0.25, -0.2) is 0 Å². The van der Waals surface area contributed by atoms with Crippen LogP contribution in [0.1, 0.15) is 24.8 Å². The van der Waals surface area contributed by atoms with E-state index in [1.165, 1.54) is 12.0 Å². The summed E-state index contributed by atoms with van der Waals surface area (Å²) in [5.74, 6) is 1.56. The zero-order valence-electron chi connectivity index (χ0n) is 15.3. The van der Waals surface area contributed by atoms with Gasteiger partial charge in [-0.1, -0.05) is 17.7 Å². The Labute approximate surface area is 150 Å². The number of aryl methyl sites for hydroxylation is 1. The summed E-state index contributed by atoms with van der Waals surface area (Å²) in [6.07, 6.45) is 3.39. The van der Waals surface area contributed by atoms with Gasteiger partial charge in [0.05, 0.1) is 13.2 Å². The topological polar surface area (TPSA) is 42.0 Å². The first-order chi connectivity index (χ1) is 12.2. The number of hydrogen-bond donors (Lipinski definition) is 0. The lowest BCUT2D eigenvalue weighted by molar-refractivity contribution is -0.133. The fourth-order valence-corrected chi connectivity index (χ4v) is 3.62. The van der Waals surface area contributed by atoms with Gasteiger partial charge < -0.3 is 14.4 Å². The van der Waals surface area contributed by atoms with Crippen LogP contribution in [0, 0.1) is 12.8 Å². The zero-order chi connectivity index (χ0) is 17.5.